The van der Waals surface area contributed by atoms with Gasteiger partial charge in [-0.15, -0.1) is 0 Å². The van der Waals surface area contributed by atoms with E-state index in [0.717, 1.165) is 12.8 Å². The summed E-state index contributed by atoms with van der Waals surface area (Å²) in [6, 6.07) is 5.13. The lowest BCUT2D eigenvalue weighted by molar-refractivity contribution is -0.150. The standard InChI is InChI=1S/C18H23BrClNO4/c1-11-4-3-5-15(12(11)2)21-17(22)9-25-18(23)10-24-16-7-6-13(20)8-14(16)19/h6-8,11-12,15H,3-5,9-10H2,1-2H3,(H,21,22). The van der Waals surface area contributed by atoms with Gasteiger partial charge >= 0.3 is 5.97 Å². The zero-order valence-corrected chi connectivity index (χ0v) is 16.7. The highest BCUT2D eigenvalue weighted by atomic mass is 79.9. The van der Waals surface area contributed by atoms with Crippen LogP contribution >= 0.6 is 27.5 Å². The maximum absolute atomic E-state index is 12.0. The Morgan fingerprint density at radius 1 is 1.28 bits per heavy atom. The van der Waals surface area contributed by atoms with Crippen LogP contribution in [0, 0.1) is 11.8 Å². The van der Waals surface area contributed by atoms with Crippen LogP contribution in [0.2, 0.25) is 5.02 Å². The fourth-order valence-corrected chi connectivity index (χ4v) is 3.75. The van der Waals surface area contributed by atoms with E-state index < -0.39 is 5.97 Å². The first-order chi connectivity index (χ1) is 11.9. The summed E-state index contributed by atoms with van der Waals surface area (Å²) in [4.78, 5) is 23.7. The molecule has 138 valence electrons. The van der Waals surface area contributed by atoms with Crippen LogP contribution in [-0.2, 0) is 14.3 Å². The fraction of sp³-hybridized carbons (Fsp3) is 0.556. The molecule has 1 aliphatic carbocycles. The molecular weight excluding hydrogens is 410 g/mol. The Kier molecular flexibility index (Phi) is 7.56. The van der Waals surface area contributed by atoms with Gasteiger partial charge in [0.15, 0.2) is 13.2 Å². The van der Waals surface area contributed by atoms with E-state index in [0.29, 0.717) is 27.1 Å². The molecule has 7 heteroatoms. The van der Waals surface area contributed by atoms with Crippen molar-refractivity contribution in [3.63, 3.8) is 0 Å². The predicted octanol–water partition coefficient (Wildman–Crippen LogP) is 3.97. The van der Waals surface area contributed by atoms with Crippen molar-refractivity contribution in [3.8, 4) is 5.75 Å². The topological polar surface area (TPSA) is 64.6 Å². The molecule has 3 unspecified atom stereocenters. The van der Waals surface area contributed by atoms with Gasteiger partial charge in [0.25, 0.3) is 5.91 Å². The number of halogens is 2. The number of rotatable bonds is 6. The third-order valence-corrected chi connectivity index (χ3v) is 5.51. The van der Waals surface area contributed by atoms with Crippen molar-refractivity contribution in [1.29, 1.82) is 0 Å². The van der Waals surface area contributed by atoms with Crippen molar-refractivity contribution < 1.29 is 19.1 Å². The van der Waals surface area contributed by atoms with Crippen LogP contribution in [0.1, 0.15) is 33.1 Å². The molecule has 1 N–H and O–H groups in total. The molecule has 0 aliphatic heterocycles. The Morgan fingerprint density at radius 3 is 2.76 bits per heavy atom. The Bertz CT molecular complexity index is 625. The number of carbonyl (C=O) groups is 2. The van der Waals surface area contributed by atoms with Crippen LogP contribution in [0.25, 0.3) is 0 Å². The van der Waals surface area contributed by atoms with Gasteiger partial charge in [-0.1, -0.05) is 38.3 Å². The summed E-state index contributed by atoms with van der Waals surface area (Å²) in [6.45, 7) is 3.79. The molecule has 1 saturated carbocycles. The zero-order valence-electron chi connectivity index (χ0n) is 14.4. The van der Waals surface area contributed by atoms with Crippen LogP contribution in [0.5, 0.6) is 5.75 Å². The van der Waals surface area contributed by atoms with Gasteiger partial charge in [-0.25, -0.2) is 4.79 Å². The minimum absolute atomic E-state index is 0.149. The molecule has 1 amide bonds. The lowest BCUT2D eigenvalue weighted by Crippen LogP contribution is -2.45. The number of esters is 1. The van der Waals surface area contributed by atoms with Crippen LogP contribution in [-0.4, -0.2) is 31.1 Å². The highest BCUT2D eigenvalue weighted by molar-refractivity contribution is 9.10. The Labute approximate surface area is 161 Å². The van der Waals surface area contributed by atoms with Gasteiger partial charge < -0.3 is 14.8 Å². The summed E-state index contributed by atoms with van der Waals surface area (Å²) < 4.78 is 11.0. The number of carbonyl (C=O) groups excluding carboxylic acids is 2. The highest BCUT2D eigenvalue weighted by Crippen LogP contribution is 2.29. The Hall–Kier alpha value is -1.27. The van der Waals surface area contributed by atoms with E-state index in [1.165, 1.54) is 6.42 Å². The Balaban J connectivity index is 1.71. The van der Waals surface area contributed by atoms with E-state index in [2.05, 4.69) is 35.1 Å². The van der Waals surface area contributed by atoms with Crippen LogP contribution in [0.3, 0.4) is 0 Å². The SMILES string of the molecule is CC1CCCC(NC(=O)COC(=O)COc2ccc(Cl)cc2Br)C1C. The maximum atomic E-state index is 12.0. The van der Waals surface area contributed by atoms with Crippen molar-refractivity contribution in [2.45, 2.75) is 39.2 Å². The average Bonchev–Trinajstić information content (AvgIpc) is 2.56. The zero-order chi connectivity index (χ0) is 18.4. The molecule has 0 aromatic heterocycles. The van der Waals surface area contributed by atoms with Crippen molar-refractivity contribution in [1.82, 2.24) is 5.32 Å². The lowest BCUT2D eigenvalue weighted by Gasteiger charge is -2.34. The van der Waals surface area contributed by atoms with E-state index in [1.54, 1.807) is 18.2 Å². The summed E-state index contributed by atoms with van der Waals surface area (Å²) >= 11 is 9.14. The minimum atomic E-state index is -0.595. The van der Waals surface area contributed by atoms with Gasteiger partial charge in [-0.2, -0.15) is 0 Å². The first kappa shape index (κ1) is 20.0. The molecule has 2 rings (SSSR count). The third-order valence-electron chi connectivity index (χ3n) is 4.66. The summed E-state index contributed by atoms with van der Waals surface area (Å²) in [6.07, 6.45) is 3.28. The second-order valence-corrected chi connectivity index (χ2v) is 7.76. The molecule has 0 saturated heterocycles. The lowest BCUT2D eigenvalue weighted by atomic mass is 9.78. The number of hydrogen-bond acceptors (Lipinski definition) is 4. The van der Waals surface area contributed by atoms with E-state index in [4.69, 9.17) is 21.1 Å². The average molecular weight is 433 g/mol. The predicted molar refractivity (Wildman–Crippen MR) is 99.7 cm³/mol. The maximum Gasteiger partial charge on any atom is 0.344 e. The van der Waals surface area contributed by atoms with Gasteiger partial charge in [0.1, 0.15) is 5.75 Å². The largest absolute Gasteiger partial charge is 0.481 e. The molecule has 25 heavy (non-hydrogen) atoms. The third kappa shape index (κ3) is 6.19. The first-order valence-corrected chi connectivity index (χ1v) is 9.56. The quantitative estimate of drug-likeness (QED) is 0.691. The van der Waals surface area contributed by atoms with Crippen LogP contribution in [0.4, 0.5) is 0 Å². The Morgan fingerprint density at radius 2 is 2.04 bits per heavy atom. The van der Waals surface area contributed by atoms with E-state index in [1.807, 2.05) is 0 Å². The molecule has 0 heterocycles. The van der Waals surface area contributed by atoms with Gasteiger partial charge in [-0.3, -0.25) is 4.79 Å². The first-order valence-electron chi connectivity index (χ1n) is 8.39. The van der Waals surface area contributed by atoms with Gasteiger partial charge in [0.2, 0.25) is 0 Å². The number of amides is 1. The van der Waals surface area contributed by atoms with E-state index in [9.17, 15) is 9.59 Å². The molecule has 0 radical (unpaired) electrons. The number of benzene rings is 1. The molecule has 1 aromatic rings. The second-order valence-electron chi connectivity index (χ2n) is 6.47. The normalized spacial score (nSPS) is 23.0. The second kappa shape index (κ2) is 9.43. The van der Waals surface area contributed by atoms with Gasteiger partial charge in [0.05, 0.1) is 4.47 Å². The number of nitrogens with one attached hydrogen (secondary N) is 1. The van der Waals surface area contributed by atoms with Crippen molar-refractivity contribution in [2.24, 2.45) is 11.8 Å². The summed E-state index contributed by atoms with van der Waals surface area (Å²) in [5.41, 5.74) is 0. The van der Waals surface area contributed by atoms with Gasteiger partial charge in [-0.05, 0) is 52.4 Å². The van der Waals surface area contributed by atoms with Crippen molar-refractivity contribution >= 4 is 39.4 Å². The minimum Gasteiger partial charge on any atom is -0.481 e. The van der Waals surface area contributed by atoms with Crippen molar-refractivity contribution in [2.75, 3.05) is 13.2 Å². The van der Waals surface area contributed by atoms with Crippen LogP contribution < -0.4 is 10.1 Å². The summed E-state index contributed by atoms with van der Waals surface area (Å²) in [5, 5.41) is 3.52. The molecule has 0 bridgehead atoms. The molecule has 5 nitrogen and oxygen atoms in total. The van der Waals surface area contributed by atoms with Gasteiger partial charge in [0, 0.05) is 11.1 Å². The smallest absolute Gasteiger partial charge is 0.344 e. The summed E-state index contributed by atoms with van der Waals surface area (Å²) in [7, 11) is 0. The monoisotopic (exact) mass is 431 g/mol. The molecular formula is C18H23BrClNO4. The molecule has 1 aromatic carbocycles. The molecule has 1 aliphatic rings. The number of ether oxygens (including phenoxy) is 2. The molecule has 0 spiro atoms. The van der Waals surface area contributed by atoms with Crippen LogP contribution in [0.15, 0.2) is 22.7 Å². The molecule has 3 atom stereocenters. The fourth-order valence-electron chi connectivity index (χ4n) is 2.95. The van der Waals surface area contributed by atoms with E-state index >= 15 is 0 Å². The summed E-state index contributed by atoms with van der Waals surface area (Å²) in [5.74, 6) is 0.636. The molecule has 1 fully saturated rings. The number of hydrogen-bond donors (Lipinski definition) is 1. The highest BCUT2D eigenvalue weighted by Gasteiger charge is 2.28. The van der Waals surface area contributed by atoms with Crippen molar-refractivity contribution in [3.05, 3.63) is 27.7 Å². The van der Waals surface area contributed by atoms with E-state index in [-0.39, 0.29) is 25.2 Å².